The van der Waals surface area contributed by atoms with E-state index >= 15 is 0 Å². The van der Waals surface area contributed by atoms with E-state index in [-0.39, 0.29) is 11.6 Å². The van der Waals surface area contributed by atoms with Crippen LogP contribution < -0.4 is 16.0 Å². The van der Waals surface area contributed by atoms with Gasteiger partial charge in [-0.25, -0.2) is 4.98 Å². The summed E-state index contributed by atoms with van der Waals surface area (Å²) in [5.74, 6) is -0.643. The first-order chi connectivity index (χ1) is 23.3. The van der Waals surface area contributed by atoms with Crippen molar-refractivity contribution in [1.82, 2.24) is 10.3 Å². The van der Waals surface area contributed by atoms with Crippen molar-refractivity contribution in [2.24, 2.45) is 0 Å². The molecule has 8 nitrogen and oxygen atoms in total. The first-order valence-corrected chi connectivity index (χ1v) is 16.3. The number of hydrogen-bond donors (Lipinski definition) is 3. The Balaban J connectivity index is 1.10. The molecule has 0 saturated heterocycles. The lowest BCUT2D eigenvalue weighted by atomic mass is 10.1. The number of halogens is 1. The van der Waals surface area contributed by atoms with Crippen LogP contribution in [0.2, 0.25) is 5.02 Å². The Hall–Kier alpha value is -5.64. The predicted octanol–water partition coefficient (Wildman–Crippen LogP) is 8.68. The van der Waals surface area contributed by atoms with E-state index in [9.17, 15) is 14.4 Å². The lowest BCUT2D eigenvalue weighted by Gasteiger charge is -2.14. The van der Waals surface area contributed by atoms with E-state index in [2.05, 4.69) is 20.9 Å². The van der Waals surface area contributed by atoms with Crippen LogP contribution >= 0.6 is 23.4 Å². The minimum atomic E-state index is -0.534. The number of hydrogen-bond acceptors (Lipinski definition) is 6. The summed E-state index contributed by atoms with van der Waals surface area (Å²) in [7, 11) is 0. The van der Waals surface area contributed by atoms with Crippen molar-refractivity contribution in [2.45, 2.75) is 17.1 Å². The summed E-state index contributed by atoms with van der Waals surface area (Å²) in [5, 5.41) is 8.50. The van der Waals surface area contributed by atoms with E-state index in [1.54, 1.807) is 84.9 Å². The van der Waals surface area contributed by atoms with E-state index in [4.69, 9.17) is 16.0 Å². The number of thioether (sulfide) groups is 1. The third kappa shape index (κ3) is 8.01. The molecule has 1 unspecified atom stereocenters. The fourth-order valence-corrected chi connectivity index (χ4v) is 5.85. The Morgan fingerprint density at radius 1 is 0.792 bits per heavy atom. The summed E-state index contributed by atoms with van der Waals surface area (Å²) in [5.41, 5.74) is 4.42. The molecular formula is C38H29ClN4O4S. The van der Waals surface area contributed by atoms with Crippen LogP contribution in [0.3, 0.4) is 0 Å². The molecular weight excluding hydrogens is 644 g/mol. The van der Waals surface area contributed by atoms with Gasteiger partial charge in [0.1, 0.15) is 11.2 Å². The Morgan fingerprint density at radius 3 is 2.29 bits per heavy atom. The van der Waals surface area contributed by atoms with Crippen LogP contribution in [0.25, 0.3) is 28.6 Å². The maximum absolute atomic E-state index is 13.5. The number of carbonyl (C=O) groups is 3. The molecule has 238 valence electrons. The van der Waals surface area contributed by atoms with Crippen LogP contribution in [0.5, 0.6) is 0 Å². The van der Waals surface area contributed by atoms with Crippen LogP contribution in [0.4, 0.5) is 11.4 Å². The van der Waals surface area contributed by atoms with Crippen LogP contribution in [0, 0.1) is 0 Å². The van der Waals surface area contributed by atoms with Gasteiger partial charge in [0.25, 0.3) is 11.8 Å². The molecule has 0 bridgehead atoms. The van der Waals surface area contributed by atoms with E-state index in [0.717, 1.165) is 16.0 Å². The molecule has 1 atom stereocenters. The maximum Gasteiger partial charge on any atom is 0.272 e. The molecule has 48 heavy (non-hydrogen) atoms. The third-order valence-electron chi connectivity index (χ3n) is 7.20. The molecule has 1 heterocycles. The van der Waals surface area contributed by atoms with Gasteiger partial charge >= 0.3 is 0 Å². The molecule has 0 radical (unpaired) electrons. The maximum atomic E-state index is 13.5. The fourth-order valence-electron chi connectivity index (χ4n) is 4.73. The summed E-state index contributed by atoms with van der Waals surface area (Å²) >= 11 is 7.69. The number of rotatable bonds is 10. The number of amides is 3. The minimum Gasteiger partial charge on any atom is -0.436 e. The van der Waals surface area contributed by atoms with Crippen molar-refractivity contribution in [3.8, 4) is 11.5 Å². The average molecular weight is 673 g/mol. The number of oxazole rings is 1. The zero-order valence-corrected chi connectivity index (χ0v) is 27.2. The molecule has 1 aromatic heterocycles. The van der Waals surface area contributed by atoms with Crippen molar-refractivity contribution in [1.29, 1.82) is 0 Å². The van der Waals surface area contributed by atoms with Gasteiger partial charge in [0.2, 0.25) is 11.8 Å². The van der Waals surface area contributed by atoms with Gasteiger partial charge in [-0.05, 0) is 91.4 Å². The molecule has 0 saturated carbocycles. The molecule has 0 fully saturated rings. The normalized spacial score (nSPS) is 11.9. The second-order valence-electron chi connectivity index (χ2n) is 10.7. The predicted molar refractivity (Wildman–Crippen MR) is 192 cm³/mol. The molecule has 6 rings (SSSR count). The van der Waals surface area contributed by atoms with Gasteiger partial charge < -0.3 is 20.4 Å². The molecule has 6 aromatic rings. The van der Waals surface area contributed by atoms with Crippen molar-refractivity contribution in [2.75, 3.05) is 10.6 Å². The topological polar surface area (TPSA) is 113 Å². The van der Waals surface area contributed by atoms with E-state index in [1.807, 2.05) is 49.4 Å². The molecule has 10 heteroatoms. The summed E-state index contributed by atoms with van der Waals surface area (Å²) in [6.07, 6.45) is 1.53. The molecule has 0 aliphatic heterocycles. The van der Waals surface area contributed by atoms with Crippen molar-refractivity contribution in [3.63, 3.8) is 0 Å². The number of aromatic nitrogens is 1. The first-order valence-electron chi connectivity index (χ1n) is 15.0. The number of anilines is 2. The zero-order chi connectivity index (χ0) is 33.5. The smallest absolute Gasteiger partial charge is 0.272 e. The summed E-state index contributed by atoms with van der Waals surface area (Å²) < 4.78 is 5.84. The minimum absolute atomic E-state index is 0.0184. The van der Waals surface area contributed by atoms with Crippen LogP contribution in [-0.2, 0) is 9.59 Å². The highest BCUT2D eigenvalue weighted by molar-refractivity contribution is 8.00. The summed E-state index contributed by atoms with van der Waals surface area (Å²) in [6, 6.07) is 37.7. The van der Waals surface area contributed by atoms with Gasteiger partial charge in [0.15, 0.2) is 5.58 Å². The highest BCUT2D eigenvalue weighted by Gasteiger charge is 2.18. The van der Waals surface area contributed by atoms with Crippen LogP contribution in [0.1, 0.15) is 22.8 Å². The second kappa shape index (κ2) is 14.8. The second-order valence-corrected chi connectivity index (χ2v) is 12.5. The molecule has 0 spiro atoms. The number of fused-ring (bicyclic) bond motifs is 1. The monoisotopic (exact) mass is 672 g/mol. The van der Waals surface area contributed by atoms with E-state index < -0.39 is 17.1 Å². The standard InChI is InChI=1S/C38H29ClN4O4S/c1-24(35(44)40-28-20-18-26(19-21-28)38-43-32-16-7-8-17-34(32)47-38)48-30-14-9-13-29(23-30)41-37(46)33(22-27-12-5-6-15-31(27)39)42-36(45)25-10-3-2-4-11-25/h2-24H,1H3,(H,40,44)(H,41,46)(H,42,45)/b33-22+. The lowest BCUT2D eigenvalue weighted by molar-refractivity contribution is -0.115. The Labute approximate surface area is 286 Å². The zero-order valence-electron chi connectivity index (χ0n) is 25.6. The molecule has 3 amide bonds. The number of benzene rings is 5. The average Bonchev–Trinajstić information content (AvgIpc) is 3.54. The van der Waals surface area contributed by atoms with Crippen molar-refractivity contribution in [3.05, 3.63) is 149 Å². The fraction of sp³-hybridized carbons (Fsp3) is 0.0526. The Morgan fingerprint density at radius 2 is 1.52 bits per heavy atom. The Bertz CT molecular complexity index is 2100. The summed E-state index contributed by atoms with van der Waals surface area (Å²) in [6.45, 7) is 1.81. The van der Waals surface area contributed by atoms with Gasteiger partial charge in [-0.1, -0.05) is 66.2 Å². The SMILES string of the molecule is CC(Sc1cccc(NC(=O)/C(=C\c2ccccc2Cl)NC(=O)c2ccccc2)c1)C(=O)Nc1ccc(-c2nc3ccccc3o2)cc1. The molecule has 0 aliphatic rings. The molecule has 3 N–H and O–H groups in total. The number of nitrogens with zero attached hydrogens (tertiary/aromatic N) is 1. The highest BCUT2D eigenvalue weighted by atomic mass is 35.5. The number of para-hydroxylation sites is 2. The first kappa shape index (κ1) is 32.3. The van der Waals surface area contributed by atoms with Gasteiger partial charge in [0, 0.05) is 32.4 Å². The Kier molecular flexibility index (Phi) is 9.99. The largest absolute Gasteiger partial charge is 0.436 e. The third-order valence-corrected chi connectivity index (χ3v) is 8.64. The quantitative estimate of drug-likeness (QED) is 0.0991. The van der Waals surface area contributed by atoms with Crippen molar-refractivity contribution < 1.29 is 18.8 Å². The van der Waals surface area contributed by atoms with Gasteiger partial charge in [-0.15, -0.1) is 11.8 Å². The summed E-state index contributed by atoms with van der Waals surface area (Å²) in [4.78, 5) is 44.8. The number of carbonyl (C=O) groups excluding carboxylic acids is 3. The van der Waals surface area contributed by atoms with Gasteiger partial charge in [0.05, 0.1) is 5.25 Å². The molecule has 5 aromatic carbocycles. The van der Waals surface area contributed by atoms with E-state index in [1.165, 1.54) is 17.8 Å². The van der Waals surface area contributed by atoms with E-state index in [0.29, 0.717) is 39.0 Å². The van der Waals surface area contributed by atoms with Crippen molar-refractivity contribution >= 4 is 69.6 Å². The van der Waals surface area contributed by atoms with Crippen LogP contribution in [0.15, 0.2) is 142 Å². The van der Waals surface area contributed by atoms with Gasteiger partial charge in [-0.3, -0.25) is 14.4 Å². The highest BCUT2D eigenvalue weighted by Crippen LogP contribution is 2.29. The number of nitrogens with one attached hydrogen (secondary N) is 3. The lowest BCUT2D eigenvalue weighted by Crippen LogP contribution is -2.30. The van der Waals surface area contributed by atoms with Crippen LogP contribution in [-0.4, -0.2) is 28.0 Å². The molecule has 0 aliphatic carbocycles. The van der Waals surface area contributed by atoms with Gasteiger partial charge in [-0.2, -0.15) is 0 Å².